The van der Waals surface area contributed by atoms with E-state index in [1.54, 1.807) is 0 Å². The third-order valence-corrected chi connectivity index (χ3v) is 4.51. The summed E-state index contributed by atoms with van der Waals surface area (Å²) >= 11 is 0. The molecule has 1 amide bonds. The Balaban J connectivity index is 1.50. The van der Waals surface area contributed by atoms with Crippen molar-refractivity contribution >= 4 is 11.6 Å². The topological polar surface area (TPSA) is 47.6 Å². The zero-order valence-electron chi connectivity index (χ0n) is 16.5. The van der Waals surface area contributed by atoms with Gasteiger partial charge >= 0.3 is 0 Å². The summed E-state index contributed by atoms with van der Waals surface area (Å²) in [5.41, 5.74) is 5.14. The van der Waals surface area contributed by atoms with Crippen LogP contribution in [0.4, 0.5) is 5.69 Å². The van der Waals surface area contributed by atoms with Crippen LogP contribution in [0.1, 0.15) is 22.3 Å². The van der Waals surface area contributed by atoms with E-state index in [0.717, 1.165) is 33.8 Å². The van der Waals surface area contributed by atoms with Crippen LogP contribution in [-0.2, 0) is 11.4 Å². The molecule has 0 radical (unpaired) electrons. The summed E-state index contributed by atoms with van der Waals surface area (Å²) < 4.78 is 11.5. The molecule has 0 heterocycles. The molecule has 0 bridgehead atoms. The van der Waals surface area contributed by atoms with Crippen LogP contribution in [0, 0.1) is 20.8 Å². The molecule has 28 heavy (non-hydrogen) atoms. The lowest BCUT2D eigenvalue weighted by Crippen LogP contribution is -2.20. The maximum absolute atomic E-state index is 12.2. The highest BCUT2D eigenvalue weighted by Gasteiger charge is 2.08. The first-order valence-corrected chi connectivity index (χ1v) is 9.28. The molecule has 4 heteroatoms. The van der Waals surface area contributed by atoms with Gasteiger partial charge in [0.25, 0.3) is 5.91 Å². The molecule has 0 unspecified atom stereocenters. The van der Waals surface area contributed by atoms with E-state index in [2.05, 4.69) is 11.4 Å². The molecule has 0 saturated carbocycles. The Labute approximate surface area is 166 Å². The highest BCUT2D eigenvalue weighted by atomic mass is 16.5. The van der Waals surface area contributed by atoms with Crippen LogP contribution in [0.3, 0.4) is 0 Å². The molecule has 0 fully saturated rings. The summed E-state index contributed by atoms with van der Waals surface area (Å²) in [7, 11) is 0. The number of hydrogen-bond donors (Lipinski definition) is 1. The van der Waals surface area contributed by atoms with E-state index in [0.29, 0.717) is 12.3 Å². The Morgan fingerprint density at radius 1 is 0.893 bits per heavy atom. The number of amides is 1. The van der Waals surface area contributed by atoms with Crippen LogP contribution in [0.25, 0.3) is 0 Å². The fraction of sp³-hybridized carbons (Fsp3) is 0.208. The fourth-order valence-electron chi connectivity index (χ4n) is 2.87. The third-order valence-electron chi connectivity index (χ3n) is 4.51. The quantitative estimate of drug-likeness (QED) is 0.617. The van der Waals surface area contributed by atoms with Crippen LogP contribution in [0.15, 0.2) is 66.7 Å². The van der Waals surface area contributed by atoms with Crippen molar-refractivity contribution in [2.45, 2.75) is 27.4 Å². The monoisotopic (exact) mass is 375 g/mol. The normalized spacial score (nSPS) is 10.4. The predicted molar refractivity (Wildman–Crippen MR) is 112 cm³/mol. The number of nitrogens with one attached hydrogen (secondary N) is 1. The van der Waals surface area contributed by atoms with Crippen molar-refractivity contribution in [1.82, 2.24) is 0 Å². The van der Waals surface area contributed by atoms with Crippen molar-refractivity contribution in [3.63, 3.8) is 0 Å². The summed E-state index contributed by atoms with van der Waals surface area (Å²) in [4.78, 5) is 12.2. The van der Waals surface area contributed by atoms with E-state index in [1.807, 2.05) is 81.4 Å². The number of benzene rings is 3. The average molecular weight is 375 g/mol. The summed E-state index contributed by atoms with van der Waals surface area (Å²) in [6, 6.07) is 21.4. The molecule has 0 aliphatic rings. The molecule has 4 nitrogen and oxygen atoms in total. The number of anilines is 1. The van der Waals surface area contributed by atoms with Gasteiger partial charge < -0.3 is 14.8 Å². The van der Waals surface area contributed by atoms with E-state index in [4.69, 9.17) is 9.47 Å². The lowest BCUT2D eigenvalue weighted by molar-refractivity contribution is -0.118. The number of hydrogen-bond acceptors (Lipinski definition) is 3. The molecule has 0 atom stereocenters. The molecule has 0 saturated heterocycles. The smallest absolute Gasteiger partial charge is 0.262 e. The van der Waals surface area contributed by atoms with Gasteiger partial charge in [0.05, 0.1) is 0 Å². The standard InChI is InChI=1S/C24H25NO3/c1-17-13-18(2)19(3)23(14-17)28-16-24(26)25-21-9-11-22(12-10-21)27-15-20-7-5-4-6-8-20/h4-14H,15-16H2,1-3H3,(H,25,26). The summed E-state index contributed by atoms with van der Waals surface area (Å²) in [6.07, 6.45) is 0. The first kappa shape index (κ1) is 19.5. The molecule has 3 aromatic rings. The Kier molecular flexibility index (Phi) is 6.33. The summed E-state index contributed by atoms with van der Waals surface area (Å²) in [5.74, 6) is 1.30. The predicted octanol–water partition coefficient (Wildman–Crippen LogP) is 5.21. The number of ether oxygens (including phenoxy) is 2. The van der Waals surface area contributed by atoms with E-state index < -0.39 is 0 Å². The van der Waals surface area contributed by atoms with Gasteiger partial charge in [0, 0.05) is 5.69 Å². The van der Waals surface area contributed by atoms with Crippen molar-refractivity contribution < 1.29 is 14.3 Å². The van der Waals surface area contributed by atoms with E-state index >= 15 is 0 Å². The maximum atomic E-state index is 12.2. The van der Waals surface area contributed by atoms with E-state index in [-0.39, 0.29) is 12.5 Å². The minimum atomic E-state index is -0.198. The number of aryl methyl sites for hydroxylation is 2. The number of carbonyl (C=O) groups is 1. The van der Waals surface area contributed by atoms with Gasteiger partial charge in [-0.2, -0.15) is 0 Å². The minimum Gasteiger partial charge on any atom is -0.489 e. The Hall–Kier alpha value is -3.27. The van der Waals surface area contributed by atoms with Crippen molar-refractivity contribution in [2.24, 2.45) is 0 Å². The molecule has 0 aliphatic carbocycles. The van der Waals surface area contributed by atoms with Gasteiger partial charge in [-0.1, -0.05) is 36.4 Å². The largest absolute Gasteiger partial charge is 0.489 e. The molecule has 0 aromatic heterocycles. The van der Waals surface area contributed by atoms with Crippen molar-refractivity contribution in [3.05, 3.63) is 89.0 Å². The molecule has 3 rings (SSSR count). The van der Waals surface area contributed by atoms with Crippen molar-refractivity contribution in [2.75, 3.05) is 11.9 Å². The molecule has 0 aliphatic heterocycles. The van der Waals surface area contributed by atoms with Gasteiger partial charge in [-0.15, -0.1) is 0 Å². The number of rotatable bonds is 7. The second kappa shape index (κ2) is 9.09. The Morgan fingerprint density at radius 2 is 1.61 bits per heavy atom. The zero-order valence-corrected chi connectivity index (χ0v) is 16.5. The van der Waals surface area contributed by atoms with Gasteiger partial charge in [-0.25, -0.2) is 0 Å². The molecule has 0 spiro atoms. The highest BCUT2D eigenvalue weighted by Crippen LogP contribution is 2.23. The second-order valence-electron chi connectivity index (χ2n) is 6.84. The zero-order chi connectivity index (χ0) is 19.9. The van der Waals surface area contributed by atoms with Gasteiger partial charge in [-0.3, -0.25) is 4.79 Å². The van der Waals surface area contributed by atoms with Crippen LogP contribution >= 0.6 is 0 Å². The average Bonchev–Trinajstić information content (AvgIpc) is 2.70. The molecule has 1 N–H and O–H groups in total. The van der Waals surface area contributed by atoms with Crippen LogP contribution in [0.5, 0.6) is 11.5 Å². The Bertz CT molecular complexity index is 934. The molecular formula is C24H25NO3. The molecule has 144 valence electrons. The van der Waals surface area contributed by atoms with Crippen LogP contribution in [-0.4, -0.2) is 12.5 Å². The molecule has 3 aromatic carbocycles. The third kappa shape index (κ3) is 5.36. The fourth-order valence-corrected chi connectivity index (χ4v) is 2.87. The lowest BCUT2D eigenvalue weighted by atomic mass is 10.1. The van der Waals surface area contributed by atoms with Crippen LogP contribution < -0.4 is 14.8 Å². The van der Waals surface area contributed by atoms with E-state index in [1.165, 1.54) is 0 Å². The minimum absolute atomic E-state index is 0.0318. The number of carbonyl (C=O) groups excluding carboxylic acids is 1. The SMILES string of the molecule is Cc1cc(C)c(C)c(OCC(=O)Nc2ccc(OCc3ccccc3)cc2)c1. The van der Waals surface area contributed by atoms with Gasteiger partial charge in [0.2, 0.25) is 0 Å². The van der Waals surface area contributed by atoms with E-state index in [9.17, 15) is 4.79 Å². The Morgan fingerprint density at radius 3 is 2.32 bits per heavy atom. The summed E-state index contributed by atoms with van der Waals surface area (Å²) in [5, 5.41) is 2.84. The maximum Gasteiger partial charge on any atom is 0.262 e. The van der Waals surface area contributed by atoms with Gasteiger partial charge in [0.15, 0.2) is 6.61 Å². The lowest BCUT2D eigenvalue weighted by Gasteiger charge is -2.13. The van der Waals surface area contributed by atoms with Crippen molar-refractivity contribution in [3.8, 4) is 11.5 Å². The summed E-state index contributed by atoms with van der Waals surface area (Å²) in [6.45, 7) is 6.53. The van der Waals surface area contributed by atoms with Gasteiger partial charge in [0.1, 0.15) is 18.1 Å². The van der Waals surface area contributed by atoms with Gasteiger partial charge in [-0.05, 0) is 73.4 Å². The molecular weight excluding hydrogens is 350 g/mol. The van der Waals surface area contributed by atoms with Crippen LogP contribution in [0.2, 0.25) is 0 Å². The highest BCUT2D eigenvalue weighted by molar-refractivity contribution is 5.91. The van der Waals surface area contributed by atoms with Crippen molar-refractivity contribution in [1.29, 1.82) is 0 Å². The second-order valence-corrected chi connectivity index (χ2v) is 6.84. The first-order chi connectivity index (χ1) is 13.5. The first-order valence-electron chi connectivity index (χ1n) is 9.28.